The average Bonchev–Trinajstić information content (AvgIpc) is 1.92. The van der Waals surface area contributed by atoms with Gasteiger partial charge in [-0.25, -0.2) is 0 Å². The van der Waals surface area contributed by atoms with E-state index in [1.54, 1.807) is 13.0 Å². The van der Waals surface area contributed by atoms with Crippen LogP contribution in [-0.4, -0.2) is 31.6 Å². The van der Waals surface area contributed by atoms with E-state index in [4.69, 9.17) is 19.6 Å². The molecule has 0 aliphatic carbocycles. The van der Waals surface area contributed by atoms with Gasteiger partial charge in [0.2, 0.25) is 5.52 Å². The number of rotatable bonds is 5. The minimum absolute atomic E-state index is 0.0165. The lowest BCUT2D eigenvalue weighted by Gasteiger charge is -2.19. The maximum Gasteiger partial charge on any atom is 0.354 e. The molecule has 0 aromatic rings. The summed E-state index contributed by atoms with van der Waals surface area (Å²) in [5.74, 6) is 0. The van der Waals surface area contributed by atoms with Gasteiger partial charge in [0, 0.05) is 6.54 Å². The minimum atomic E-state index is -4.85. The van der Waals surface area contributed by atoms with E-state index in [9.17, 15) is 9.13 Å². The van der Waals surface area contributed by atoms with Crippen molar-refractivity contribution in [2.45, 2.75) is 12.4 Å². The highest BCUT2D eigenvalue weighted by Crippen LogP contribution is 2.58. The van der Waals surface area contributed by atoms with Crippen LogP contribution in [0.4, 0.5) is 0 Å². The summed E-state index contributed by atoms with van der Waals surface area (Å²) in [5.41, 5.74) is -2.13. The number of hydrogen-bond acceptors (Lipinski definition) is 3. The standard InChI is InChI=1S/C5H13NO6P2/c1-2-3-4-6-5(13(7,8)9)14(10,11)12/h2-3,5-6H,4H2,1H3,(H2,7,8,9)(H2,10,11,12). The van der Waals surface area contributed by atoms with E-state index in [1.807, 2.05) is 0 Å². The lowest BCUT2D eigenvalue weighted by molar-refractivity contribution is 0.330. The van der Waals surface area contributed by atoms with Gasteiger partial charge in [0.05, 0.1) is 0 Å². The molecule has 7 nitrogen and oxygen atoms in total. The molecule has 0 aliphatic rings. The fourth-order valence-corrected chi connectivity index (χ4v) is 2.98. The van der Waals surface area contributed by atoms with Crippen LogP contribution in [0.5, 0.6) is 0 Å². The normalized spacial score (nSPS) is 14.1. The molecule has 0 heterocycles. The highest BCUT2D eigenvalue weighted by atomic mass is 31.2. The molecule has 0 aliphatic heterocycles. The fraction of sp³-hybridized carbons (Fsp3) is 0.600. The second kappa shape index (κ2) is 5.19. The van der Waals surface area contributed by atoms with Crippen molar-refractivity contribution in [2.75, 3.05) is 6.54 Å². The smallest absolute Gasteiger partial charge is 0.323 e. The molecular formula is C5H13NO6P2. The summed E-state index contributed by atoms with van der Waals surface area (Å²) in [6.07, 6.45) is 3.07. The van der Waals surface area contributed by atoms with Crippen molar-refractivity contribution >= 4 is 15.2 Å². The summed E-state index contributed by atoms with van der Waals surface area (Å²) >= 11 is 0. The van der Waals surface area contributed by atoms with Crippen molar-refractivity contribution in [1.82, 2.24) is 5.32 Å². The van der Waals surface area contributed by atoms with Crippen LogP contribution in [-0.2, 0) is 9.13 Å². The van der Waals surface area contributed by atoms with Crippen molar-refractivity contribution in [1.29, 1.82) is 0 Å². The molecule has 9 heteroatoms. The summed E-state index contributed by atoms with van der Waals surface area (Å²) in [7, 11) is -9.69. The Kier molecular flexibility index (Phi) is 5.19. The van der Waals surface area contributed by atoms with Crippen molar-refractivity contribution in [3.8, 4) is 0 Å². The topological polar surface area (TPSA) is 127 Å². The first-order valence-electron chi connectivity index (χ1n) is 3.64. The highest BCUT2D eigenvalue weighted by molar-refractivity contribution is 7.70. The molecule has 0 spiro atoms. The number of nitrogens with one attached hydrogen (secondary N) is 1. The van der Waals surface area contributed by atoms with Crippen molar-refractivity contribution < 1.29 is 28.7 Å². The van der Waals surface area contributed by atoms with Gasteiger partial charge in [-0.15, -0.1) is 0 Å². The van der Waals surface area contributed by atoms with Crippen molar-refractivity contribution in [2.24, 2.45) is 0 Å². The van der Waals surface area contributed by atoms with Crippen LogP contribution in [0.15, 0.2) is 12.2 Å². The fourth-order valence-electron chi connectivity index (χ4n) is 0.725. The van der Waals surface area contributed by atoms with Crippen molar-refractivity contribution in [3.63, 3.8) is 0 Å². The molecule has 0 radical (unpaired) electrons. The molecular weight excluding hydrogens is 232 g/mol. The quantitative estimate of drug-likeness (QED) is 0.335. The van der Waals surface area contributed by atoms with Crippen LogP contribution in [0.2, 0.25) is 0 Å². The van der Waals surface area contributed by atoms with Gasteiger partial charge in [-0.2, -0.15) is 0 Å². The Balaban J connectivity index is 4.60. The molecule has 0 unspecified atom stereocenters. The highest BCUT2D eigenvalue weighted by Gasteiger charge is 2.42. The zero-order chi connectivity index (χ0) is 11.4. The maximum absolute atomic E-state index is 10.7. The van der Waals surface area contributed by atoms with Gasteiger partial charge in [-0.3, -0.25) is 14.4 Å². The molecule has 0 aromatic heterocycles. The van der Waals surface area contributed by atoms with E-state index in [2.05, 4.69) is 5.32 Å². The molecule has 0 saturated heterocycles. The third-order valence-corrected chi connectivity index (χ3v) is 4.74. The summed E-state index contributed by atoms with van der Waals surface area (Å²) in [5, 5.41) is 2.09. The molecule has 14 heavy (non-hydrogen) atoms. The monoisotopic (exact) mass is 245 g/mol. The summed E-state index contributed by atoms with van der Waals surface area (Å²) in [6.45, 7) is 1.66. The van der Waals surface area contributed by atoms with Gasteiger partial charge in [0.15, 0.2) is 0 Å². The van der Waals surface area contributed by atoms with Gasteiger partial charge < -0.3 is 19.6 Å². The van der Waals surface area contributed by atoms with Gasteiger partial charge in [-0.1, -0.05) is 12.2 Å². The third kappa shape index (κ3) is 5.02. The Morgan fingerprint density at radius 3 is 1.93 bits per heavy atom. The molecule has 0 atom stereocenters. The zero-order valence-corrected chi connectivity index (χ0v) is 9.23. The zero-order valence-electron chi connectivity index (χ0n) is 7.44. The molecule has 0 saturated carbocycles. The molecule has 0 amide bonds. The summed E-state index contributed by atoms with van der Waals surface area (Å²) < 4.78 is 21.4. The predicted molar refractivity (Wildman–Crippen MR) is 50.7 cm³/mol. The van der Waals surface area contributed by atoms with Crippen LogP contribution in [0.1, 0.15) is 6.92 Å². The molecule has 0 bridgehead atoms. The van der Waals surface area contributed by atoms with E-state index in [0.29, 0.717) is 0 Å². The van der Waals surface area contributed by atoms with Gasteiger partial charge in [0.25, 0.3) is 0 Å². The van der Waals surface area contributed by atoms with Crippen molar-refractivity contribution in [3.05, 3.63) is 12.2 Å². The van der Waals surface area contributed by atoms with E-state index < -0.39 is 20.7 Å². The van der Waals surface area contributed by atoms with Gasteiger partial charge in [0.1, 0.15) is 0 Å². The first-order chi connectivity index (χ1) is 6.19. The van der Waals surface area contributed by atoms with Crippen LogP contribution in [0, 0.1) is 0 Å². The van der Waals surface area contributed by atoms with Crippen LogP contribution < -0.4 is 5.32 Å². The molecule has 0 fully saturated rings. The maximum atomic E-state index is 10.7. The second-order valence-electron chi connectivity index (χ2n) is 2.53. The first-order valence-corrected chi connectivity index (χ1v) is 7.01. The Labute approximate surface area is 81.2 Å². The van der Waals surface area contributed by atoms with E-state index in [0.717, 1.165) is 0 Å². The Morgan fingerprint density at radius 2 is 1.64 bits per heavy atom. The minimum Gasteiger partial charge on any atom is -0.323 e. The Morgan fingerprint density at radius 1 is 1.21 bits per heavy atom. The Bertz CT molecular complexity index is 269. The van der Waals surface area contributed by atoms with Crippen LogP contribution >= 0.6 is 15.2 Å². The third-order valence-electron chi connectivity index (χ3n) is 1.29. The molecule has 0 rings (SSSR count). The largest absolute Gasteiger partial charge is 0.354 e. The van der Waals surface area contributed by atoms with Gasteiger partial charge in [-0.05, 0) is 6.92 Å². The van der Waals surface area contributed by atoms with E-state index in [-0.39, 0.29) is 6.54 Å². The predicted octanol–water partition coefficient (Wildman–Crippen LogP) is -0.209. The SMILES string of the molecule is CC=CCNC(P(=O)(O)O)P(=O)(O)O. The lowest BCUT2D eigenvalue weighted by Crippen LogP contribution is -2.29. The number of allylic oxidation sites excluding steroid dienone is 1. The Hall–Kier alpha value is -0.0000000000000000416. The average molecular weight is 245 g/mol. The molecule has 0 aromatic carbocycles. The second-order valence-corrected chi connectivity index (χ2v) is 6.33. The number of hydrogen-bond donors (Lipinski definition) is 5. The summed E-state index contributed by atoms with van der Waals surface area (Å²) in [6, 6.07) is 0. The summed E-state index contributed by atoms with van der Waals surface area (Å²) in [4.78, 5) is 34.6. The van der Waals surface area contributed by atoms with E-state index >= 15 is 0 Å². The van der Waals surface area contributed by atoms with Gasteiger partial charge >= 0.3 is 15.2 Å². The lowest BCUT2D eigenvalue weighted by atomic mass is 10.5. The van der Waals surface area contributed by atoms with Crippen LogP contribution in [0.25, 0.3) is 0 Å². The van der Waals surface area contributed by atoms with Crippen LogP contribution in [0.3, 0.4) is 0 Å². The molecule has 84 valence electrons. The van der Waals surface area contributed by atoms with E-state index in [1.165, 1.54) is 6.08 Å². The molecule has 5 N–H and O–H groups in total. The first kappa shape index (κ1) is 14.0.